The molecular weight excluding hydrogens is 468 g/mol. The van der Waals surface area contributed by atoms with Crippen molar-refractivity contribution < 1.29 is 23.8 Å². The fraction of sp³-hybridized carbons (Fsp3) is 0.455. The summed E-state index contributed by atoms with van der Waals surface area (Å²) in [6.45, 7) is 3.50. The number of aromatic amines is 1. The van der Waals surface area contributed by atoms with E-state index in [0.717, 1.165) is 11.3 Å². The van der Waals surface area contributed by atoms with Gasteiger partial charge in [0.25, 0.3) is 11.5 Å². The molecule has 1 aromatic carbocycles. The van der Waals surface area contributed by atoms with Crippen LogP contribution in [-0.2, 0) is 16.1 Å². The topological polar surface area (TPSA) is 146 Å². The minimum absolute atomic E-state index is 0.0458. The average Bonchev–Trinajstić information content (AvgIpc) is 2.81. The maximum atomic E-state index is 13.0. The van der Waals surface area contributed by atoms with Crippen LogP contribution in [0.4, 0.5) is 11.5 Å². The van der Waals surface area contributed by atoms with Gasteiger partial charge >= 0.3 is 11.7 Å². The monoisotopic (exact) mass is 496 g/mol. The summed E-state index contributed by atoms with van der Waals surface area (Å²) in [6, 6.07) is 2.70. The predicted octanol–water partition coefficient (Wildman–Crippen LogP) is 2.19. The van der Waals surface area contributed by atoms with Crippen molar-refractivity contribution in [2.75, 3.05) is 38.0 Å². The summed E-state index contributed by atoms with van der Waals surface area (Å²) >= 11 is 6.13. The minimum atomic E-state index is -0.829. The van der Waals surface area contributed by atoms with Gasteiger partial charge in [-0.25, -0.2) is 9.59 Å². The molecule has 0 saturated carbocycles. The van der Waals surface area contributed by atoms with Crippen LogP contribution in [0.3, 0.4) is 0 Å². The molecule has 12 heteroatoms. The number of halogens is 1. The largest absolute Gasteiger partial charge is 0.493 e. The molecule has 186 valence electrons. The van der Waals surface area contributed by atoms with Gasteiger partial charge in [0.2, 0.25) is 0 Å². The number of hydrogen-bond donors (Lipinski definition) is 2. The standard InChI is InChI=1S/C22H29ClN4O7/c1-5-7-9-26(17-19(24)27(8-6-2)22(31)25-20(17)29)16(28)12-34-21(30)13-10-14(23)18(33-4)15(11-13)32-3/h10-11H,5-9,12,24H2,1-4H3,(H,25,29,31). The number of hydrogen-bond acceptors (Lipinski definition) is 8. The van der Waals surface area contributed by atoms with Crippen LogP contribution in [0.15, 0.2) is 21.7 Å². The summed E-state index contributed by atoms with van der Waals surface area (Å²) in [4.78, 5) is 53.6. The number of anilines is 2. The highest BCUT2D eigenvalue weighted by Crippen LogP contribution is 2.36. The van der Waals surface area contributed by atoms with E-state index in [4.69, 9.17) is 31.5 Å². The summed E-state index contributed by atoms with van der Waals surface area (Å²) in [5.41, 5.74) is 4.54. The van der Waals surface area contributed by atoms with Crippen molar-refractivity contribution in [1.29, 1.82) is 0 Å². The molecule has 1 heterocycles. The third kappa shape index (κ3) is 5.90. The summed E-state index contributed by atoms with van der Waals surface area (Å²) < 4.78 is 16.7. The second-order valence-corrected chi connectivity index (χ2v) is 7.72. The zero-order valence-corrected chi connectivity index (χ0v) is 20.4. The first-order valence-electron chi connectivity index (χ1n) is 10.7. The van der Waals surface area contributed by atoms with Gasteiger partial charge < -0.3 is 24.8 Å². The van der Waals surface area contributed by atoms with E-state index in [0.29, 0.717) is 12.8 Å². The van der Waals surface area contributed by atoms with Crippen molar-refractivity contribution in [1.82, 2.24) is 9.55 Å². The molecule has 0 spiro atoms. The highest BCUT2D eigenvalue weighted by molar-refractivity contribution is 6.32. The molecule has 11 nitrogen and oxygen atoms in total. The normalized spacial score (nSPS) is 10.6. The lowest BCUT2D eigenvalue weighted by Crippen LogP contribution is -2.43. The van der Waals surface area contributed by atoms with Crippen molar-refractivity contribution in [3.05, 3.63) is 43.6 Å². The van der Waals surface area contributed by atoms with E-state index in [1.54, 1.807) is 0 Å². The van der Waals surface area contributed by atoms with Crippen molar-refractivity contribution in [2.24, 2.45) is 0 Å². The van der Waals surface area contributed by atoms with E-state index in [9.17, 15) is 19.2 Å². The second kappa shape index (κ2) is 12.1. The number of ether oxygens (including phenoxy) is 3. The SMILES string of the molecule is CCCCN(C(=O)COC(=O)c1cc(Cl)c(OC)c(OC)c1)c1c(N)n(CCC)c(=O)[nH]c1=O. The quantitative estimate of drug-likeness (QED) is 0.450. The summed E-state index contributed by atoms with van der Waals surface area (Å²) in [5, 5.41) is 0.127. The van der Waals surface area contributed by atoms with E-state index in [1.165, 1.54) is 30.9 Å². The van der Waals surface area contributed by atoms with Crippen LogP contribution in [-0.4, -0.2) is 48.8 Å². The third-order valence-electron chi connectivity index (χ3n) is 4.96. The number of esters is 1. The van der Waals surface area contributed by atoms with Crippen molar-refractivity contribution in [3.63, 3.8) is 0 Å². The molecule has 0 saturated heterocycles. The Morgan fingerprint density at radius 1 is 1.15 bits per heavy atom. The second-order valence-electron chi connectivity index (χ2n) is 7.31. The maximum Gasteiger partial charge on any atom is 0.338 e. The zero-order chi connectivity index (χ0) is 25.4. The Labute approximate surface area is 201 Å². The number of nitrogens with two attached hydrogens (primary N) is 1. The number of nitrogens with one attached hydrogen (secondary N) is 1. The number of nitrogen functional groups attached to an aromatic ring is 1. The number of nitrogens with zero attached hydrogens (tertiary/aromatic N) is 2. The lowest BCUT2D eigenvalue weighted by Gasteiger charge is -2.24. The number of amides is 1. The number of aromatic nitrogens is 2. The average molecular weight is 497 g/mol. The third-order valence-corrected chi connectivity index (χ3v) is 5.24. The first-order valence-corrected chi connectivity index (χ1v) is 11.1. The molecule has 1 aromatic heterocycles. The van der Waals surface area contributed by atoms with Gasteiger partial charge in [-0.3, -0.25) is 19.1 Å². The Balaban J connectivity index is 2.32. The van der Waals surface area contributed by atoms with Crippen molar-refractivity contribution >= 4 is 35.0 Å². The summed E-state index contributed by atoms with van der Waals surface area (Å²) in [5.74, 6) is -1.16. The van der Waals surface area contributed by atoms with Crippen molar-refractivity contribution in [3.8, 4) is 11.5 Å². The van der Waals surface area contributed by atoms with Crippen molar-refractivity contribution in [2.45, 2.75) is 39.7 Å². The number of H-pyrrole nitrogens is 1. The Morgan fingerprint density at radius 2 is 1.85 bits per heavy atom. The van der Waals surface area contributed by atoms with Gasteiger partial charge in [0.1, 0.15) is 5.82 Å². The van der Waals surface area contributed by atoms with E-state index in [2.05, 4.69) is 4.98 Å². The first kappa shape index (κ1) is 26.8. The van der Waals surface area contributed by atoms with Gasteiger partial charge in [-0.2, -0.15) is 0 Å². The molecule has 0 aliphatic rings. The van der Waals surface area contributed by atoms with Gasteiger partial charge in [0.05, 0.1) is 24.8 Å². The molecule has 0 bridgehead atoms. The van der Waals surface area contributed by atoms with E-state index in [-0.39, 0.29) is 46.7 Å². The molecule has 1 amide bonds. The van der Waals surface area contributed by atoms with Crippen LogP contribution in [0.1, 0.15) is 43.5 Å². The Bertz CT molecular complexity index is 1160. The van der Waals surface area contributed by atoms with Crippen LogP contribution >= 0.6 is 11.6 Å². The molecule has 2 rings (SSSR count). The number of carbonyl (C=O) groups excluding carboxylic acids is 2. The smallest absolute Gasteiger partial charge is 0.338 e. The molecule has 2 aromatic rings. The molecule has 0 aliphatic carbocycles. The van der Waals surface area contributed by atoms with E-state index < -0.39 is 29.7 Å². The number of benzene rings is 1. The fourth-order valence-electron chi connectivity index (χ4n) is 3.29. The Kier molecular flexibility index (Phi) is 9.55. The number of carbonyl (C=O) groups is 2. The fourth-order valence-corrected chi connectivity index (χ4v) is 3.57. The van der Waals surface area contributed by atoms with Crippen LogP contribution in [0.25, 0.3) is 0 Å². The van der Waals surface area contributed by atoms with Crippen LogP contribution in [0.2, 0.25) is 5.02 Å². The van der Waals surface area contributed by atoms with Crippen LogP contribution < -0.4 is 31.4 Å². The Morgan fingerprint density at radius 3 is 2.44 bits per heavy atom. The molecule has 34 heavy (non-hydrogen) atoms. The van der Waals surface area contributed by atoms with Gasteiger partial charge in [0.15, 0.2) is 23.8 Å². The number of unbranched alkanes of at least 4 members (excludes halogenated alkanes) is 1. The molecule has 0 radical (unpaired) electrons. The lowest BCUT2D eigenvalue weighted by molar-refractivity contribution is -0.121. The Hall–Kier alpha value is -3.47. The first-order chi connectivity index (χ1) is 16.2. The molecule has 0 unspecified atom stereocenters. The highest BCUT2D eigenvalue weighted by Gasteiger charge is 2.25. The van der Waals surface area contributed by atoms with Gasteiger partial charge in [-0.1, -0.05) is 31.9 Å². The molecular formula is C22H29ClN4O7. The lowest BCUT2D eigenvalue weighted by atomic mass is 10.2. The van der Waals surface area contributed by atoms with E-state index in [1.807, 2.05) is 13.8 Å². The molecule has 0 aliphatic heterocycles. The maximum absolute atomic E-state index is 13.0. The minimum Gasteiger partial charge on any atom is -0.493 e. The molecule has 0 atom stereocenters. The zero-order valence-electron chi connectivity index (χ0n) is 19.6. The van der Waals surface area contributed by atoms with Gasteiger partial charge in [0, 0.05) is 13.1 Å². The molecule has 0 fully saturated rings. The number of rotatable bonds is 11. The highest BCUT2D eigenvalue weighted by atomic mass is 35.5. The predicted molar refractivity (Wildman–Crippen MR) is 128 cm³/mol. The van der Waals surface area contributed by atoms with Gasteiger partial charge in [-0.15, -0.1) is 0 Å². The number of methoxy groups -OCH3 is 2. The summed E-state index contributed by atoms with van der Waals surface area (Å²) in [6.07, 6.45) is 1.86. The van der Waals surface area contributed by atoms with Crippen LogP contribution in [0.5, 0.6) is 11.5 Å². The van der Waals surface area contributed by atoms with E-state index >= 15 is 0 Å². The van der Waals surface area contributed by atoms with Gasteiger partial charge in [-0.05, 0) is 25.0 Å². The summed E-state index contributed by atoms with van der Waals surface area (Å²) in [7, 11) is 2.79. The molecule has 3 N–H and O–H groups in total. The van der Waals surface area contributed by atoms with Crippen LogP contribution in [0, 0.1) is 0 Å².